The Morgan fingerprint density at radius 2 is 1.21 bits per heavy atom. The summed E-state index contributed by atoms with van der Waals surface area (Å²) in [5, 5.41) is 0.343. The second kappa shape index (κ2) is 10.2. The highest BCUT2D eigenvalue weighted by atomic mass is 35.5. The number of rotatable bonds is 11. The van der Waals surface area contributed by atoms with Gasteiger partial charge in [-0.05, 0) is 31.0 Å². The second-order valence-corrected chi connectivity index (χ2v) is 12.3. The highest BCUT2D eigenvalue weighted by Crippen LogP contribution is 2.36. The number of alkyl halides is 1. The Balaban J connectivity index is 3.37. The van der Waals surface area contributed by atoms with Crippen molar-refractivity contribution in [3.05, 3.63) is 0 Å². The van der Waals surface area contributed by atoms with Gasteiger partial charge in [0.05, 0.1) is 0 Å². The molecule has 0 amide bonds. The molecule has 0 heterocycles. The molecule has 0 aliphatic heterocycles. The number of unbranched alkanes of at least 4 members (excludes halogenated alkanes) is 7. The Morgan fingerprint density at radius 3 is 1.63 bits per heavy atom. The maximum absolute atomic E-state index is 6.18. The van der Waals surface area contributed by atoms with Crippen LogP contribution in [0.15, 0.2) is 0 Å². The molecule has 0 aromatic heterocycles. The fourth-order valence-corrected chi connectivity index (χ4v) is 3.08. The van der Waals surface area contributed by atoms with Gasteiger partial charge in [0.2, 0.25) is 0 Å². The first-order chi connectivity index (χ1) is 8.81. The molecule has 0 aliphatic rings. The zero-order valence-corrected chi connectivity index (χ0v) is 15.6. The van der Waals surface area contributed by atoms with Crippen LogP contribution in [0.25, 0.3) is 0 Å². The van der Waals surface area contributed by atoms with E-state index < -0.39 is 8.32 Å². The van der Waals surface area contributed by atoms with Crippen LogP contribution >= 0.6 is 11.6 Å². The van der Waals surface area contributed by atoms with Gasteiger partial charge in [0.25, 0.3) is 0 Å². The molecular weight excluding hydrogens is 272 g/mol. The Hall–Kier alpha value is 0.467. The van der Waals surface area contributed by atoms with E-state index in [0.717, 1.165) is 12.5 Å². The van der Waals surface area contributed by atoms with E-state index in [1.807, 2.05) is 0 Å². The van der Waals surface area contributed by atoms with E-state index in [4.69, 9.17) is 16.0 Å². The molecule has 19 heavy (non-hydrogen) atoms. The normalized spacial score (nSPS) is 12.9. The van der Waals surface area contributed by atoms with Crippen LogP contribution in [0, 0.1) is 0 Å². The summed E-state index contributed by atoms with van der Waals surface area (Å²) in [7, 11) is -1.51. The van der Waals surface area contributed by atoms with Crippen LogP contribution < -0.4 is 0 Å². The van der Waals surface area contributed by atoms with Gasteiger partial charge in [-0.25, -0.2) is 0 Å². The molecule has 0 spiro atoms. The van der Waals surface area contributed by atoms with Crippen molar-refractivity contribution < 1.29 is 4.43 Å². The van der Waals surface area contributed by atoms with E-state index in [9.17, 15) is 0 Å². The molecule has 1 nitrogen and oxygen atoms in total. The highest BCUT2D eigenvalue weighted by Gasteiger charge is 2.36. The van der Waals surface area contributed by atoms with Crippen LogP contribution in [0.5, 0.6) is 0 Å². The molecule has 3 heteroatoms. The lowest BCUT2D eigenvalue weighted by atomic mass is 10.1. The molecule has 0 aliphatic carbocycles. The minimum absolute atomic E-state index is 0.343. The topological polar surface area (TPSA) is 9.23 Å². The fraction of sp³-hybridized carbons (Fsp3) is 1.00. The van der Waals surface area contributed by atoms with E-state index in [1.165, 1.54) is 51.4 Å². The van der Waals surface area contributed by atoms with Crippen LogP contribution in [-0.4, -0.2) is 20.8 Å². The Morgan fingerprint density at radius 1 is 0.789 bits per heavy atom. The van der Waals surface area contributed by atoms with Gasteiger partial charge in [-0.1, -0.05) is 59.3 Å². The van der Waals surface area contributed by atoms with Gasteiger partial charge in [-0.3, -0.25) is 0 Å². The van der Waals surface area contributed by atoms with Crippen molar-refractivity contribution in [2.75, 3.05) is 12.5 Å². The summed E-state index contributed by atoms with van der Waals surface area (Å²) in [6, 6.07) is 0. The third kappa shape index (κ3) is 9.92. The molecule has 0 rings (SSSR count). The predicted molar refractivity (Wildman–Crippen MR) is 90.8 cm³/mol. The molecular formula is C16H35ClOSi. The molecule has 0 bridgehead atoms. The Kier molecular flexibility index (Phi) is 10.5. The van der Waals surface area contributed by atoms with E-state index in [0.29, 0.717) is 5.04 Å². The summed E-state index contributed by atoms with van der Waals surface area (Å²) in [6.07, 6.45) is 10.5. The van der Waals surface area contributed by atoms with Crippen molar-refractivity contribution >= 4 is 19.9 Å². The lowest BCUT2D eigenvalue weighted by Gasteiger charge is -2.36. The van der Waals surface area contributed by atoms with Gasteiger partial charge >= 0.3 is 0 Å². The molecule has 0 radical (unpaired) electrons. The Bertz CT molecular complexity index is 211. The van der Waals surface area contributed by atoms with Crippen molar-refractivity contribution in [2.24, 2.45) is 0 Å². The fourth-order valence-electron chi connectivity index (χ4n) is 1.80. The summed E-state index contributed by atoms with van der Waals surface area (Å²) < 4.78 is 6.18. The average Bonchev–Trinajstić information content (AvgIpc) is 2.30. The van der Waals surface area contributed by atoms with Crippen molar-refractivity contribution in [3.63, 3.8) is 0 Å². The third-order valence-electron chi connectivity index (χ3n) is 4.30. The zero-order chi connectivity index (χ0) is 14.8. The molecule has 0 aromatic carbocycles. The molecule has 0 saturated carbocycles. The second-order valence-electron chi connectivity index (χ2n) is 7.13. The molecule has 116 valence electrons. The van der Waals surface area contributed by atoms with Gasteiger partial charge in [-0.2, -0.15) is 0 Å². The van der Waals surface area contributed by atoms with E-state index >= 15 is 0 Å². The molecule has 0 aromatic rings. The van der Waals surface area contributed by atoms with Crippen molar-refractivity contribution in [1.82, 2.24) is 0 Å². The number of hydrogen-bond acceptors (Lipinski definition) is 1. The van der Waals surface area contributed by atoms with Crippen LogP contribution in [0.1, 0.15) is 72.1 Å². The van der Waals surface area contributed by atoms with Crippen molar-refractivity contribution in [2.45, 2.75) is 90.3 Å². The van der Waals surface area contributed by atoms with E-state index in [-0.39, 0.29) is 0 Å². The number of halogens is 1. The third-order valence-corrected chi connectivity index (χ3v) is 9.10. The van der Waals surface area contributed by atoms with Crippen LogP contribution in [0.3, 0.4) is 0 Å². The smallest absolute Gasteiger partial charge is 0.191 e. The summed E-state index contributed by atoms with van der Waals surface area (Å²) in [4.78, 5) is 0. The monoisotopic (exact) mass is 306 g/mol. The van der Waals surface area contributed by atoms with Gasteiger partial charge in [0.1, 0.15) is 0 Å². The van der Waals surface area contributed by atoms with Crippen molar-refractivity contribution in [3.8, 4) is 0 Å². The maximum atomic E-state index is 6.18. The first-order valence-electron chi connectivity index (χ1n) is 8.01. The maximum Gasteiger partial charge on any atom is 0.191 e. The summed E-state index contributed by atoms with van der Waals surface area (Å²) in [5.74, 6) is 0.824. The van der Waals surface area contributed by atoms with Gasteiger partial charge in [0, 0.05) is 12.5 Å². The van der Waals surface area contributed by atoms with Gasteiger partial charge in [-0.15, -0.1) is 11.6 Å². The highest BCUT2D eigenvalue weighted by molar-refractivity contribution is 6.74. The standard InChI is InChI=1S/C16H35ClOSi/c1-16(2,3)19(4,5)18-15-13-11-9-7-6-8-10-12-14-17/h6-15H2,1-5H3. The first kappa shape index (κ1) is 19.5. The van der Waals surface area contributed by atoms with Crippen LogP contribution in [0.2, 0.25) is 18.1 Å². The van der Waals surface area contributed by atoms with Gasteiger partial charge < -0.3 is 4.43 Å². The average molecular weight is 307 g/mol. The first-order valence-corrected chi connectivity index (χ1v) is 11.5. The minimum atomic E-state index is -1.51. The molecule has 0 fully saturated rings. The summed E-state index contributed by atoms with van der Waals surface area (Å²) >= 11 is 5.66. The lowest BCUT2D eigenvalue weighted by molar-refractivity contribution is 0.277. The molecule has 0 atom stereocenters. The molecule has 0 saturated heterocycles. The van der Waals surface area contributed by atoms with Gasteiger partial charge in [0.15, 0.2) is 8.32 Å². The summed E-state index contributed by atoms with van der Waals surface area (Å²) in [6.45, 7) is 12.6. The van der Waals surface area contributed by atoms with E-state index in [2.05, 4.69) is 33.9 Å². The molecule has 0 N–H and O–H groups in total. The quantitative estimate of drug-likeness (QED) is 0.245. The number of hydrogen-bond donors (Lipinski definition) is 0. The van der Waals surface area contributed by atoms with Crippen molar-refractivity contribution in [1.29, 1.82) is 0 Å². The SMILES string of the molecule is CC(C)(C)[Si](C)(C)OCCCCCCCCCCCl. The summed E-state index contributed by atoms with van der Waals surface area (Å²) in [5.41, 5.74) is 0. The molecule has 0 unspecified atom stereocenters. The minimum Gasteiger partial charge on any atom is -0.417 e. The lowest BCUT2D eigenvalue weighted by Crippen LogP contribution is -2.40. The Labute approximate surface area is 127 Å². The van der Waals surface area contributed by atoms with E-state index in [1.54, 1.807) is 0 Å². The zero-order valence-electron chi connectivity index (χ0n) is 13.9. The largest absolute Gasteiger partial charge is 0.417 e. The predicted octanol–water partition coefficient (Wildman–Crippen LogP) is 6.37. The van der Waals surface area contributed by atoms with Crippen LogP contribution in [-0.2, 0) is 4.43 Å². The van der Waals surface area contributed by atoms with Crippen LogP contribution in [0.4, 0.5) is 0 Å².